The maximum atomic E-state index is 12.5. The summed E-state index contributed by atoms with van der Waals surface area (Å²) in [4.78, 5) is 25.6. The Morgan fingerprint density at radius 1 is 1.03 bits per heavy atom. The number of aromatic nitrogens is 2. The molecule has 1 N–H and O–H groups in total. The van der Waals surface area contributed by atoms with Crippen molar-refractivity contribution in [2.24, 2.45) is 0 Å². The number of para-hydroxylation sites is 2. The Morgan fingerprint density at radius 2 is 1.71 bits per heavy atom. The monoisotopic (exact) mass is 414 g/mol. The lowest BCUT2D eigenvalue weighted by atomic mass is 10.2. The van der Waals surface area contributed by atoms with Crippen molar-refractivity contribution in [3.05, 3.63) is 71.9 Å². The molecule has 2 heterocycles. The van der Waals surface area contributed by atoms with Crippen molar-refractivity contribution in [3.63, 3.8) is 0 Å². The van der Waals surface area contributed by atoms with E-state index in [4.69, 9.17) is 4.74 Å². The van der Waals surface area contributed by atoms with Crippen molar-refractivity contribution < 1.29 is 9.53 Å². The van der Waals surface area contributed by atoms with Gasteiger partial charge in [-0.05, 0) is 24.3 Å². The van der Waals surface area contributed by atoms with Crippen LogP contribution < -0.4 is 19.9 Å². The minimum atomic E-state index is -0.317. The van der Waals surface area contributed by atoms with Crippen molar-refractivity contribution in [1.29, 1.82) is 5.26 Å². The molecular weight excluding hydrogens is 392 g/mol. The largest absolute Gasteiger partial charge is 0.495 e. The van der Waals surface area contributed by atoms with E-state index in [-0.39, 0.29) is 17.3 Å². The number of carbonyl (C=O) groups excluding carboxylic acids is 1. The molecule has 1 fully saturated rings. The number of piperazine rings is 1. The molecule has 0 saturated carbocycles. The molecule has 1 amide bonds. The fraction of sp³-hybridized carbons (Fsp3) is 0.217. The molecule has 0 radical (unpaired) electrons. The summed E-state index contributed by atoms with van der Waals surface area (Å²) in [5.41, 5.74) is 1.78. The molecule has 156 valence electrons. The van der Waals surface area contributed by atoms with E-state index >= 15 is 0 Å². The predicted molar refractivity (Wildman–Crippen MR) is 119 cm³/mol. The van der Waals surface area contributed by atoms with Crippen LogP contribution in [0.1, 0.15) is 15.9 Å². The van der Waals surface area contributed by atoms with E-state index in [1.807, 2.05) is 41.3 Å². The van der Waals surface area contributed by atoms with Gasteiger partial charge in [-0.25, -0.2) is 4.98 Å². The first kappa shape index (κ1) is 20.2. The van der Waals surface area contributed by atoms with Crippen LogP contribution in [0, 0.1) is 11.3 Å². The second-order valence-electron chi connectivity index (χ2n) is 7.01. The van der Waals surface area contributed by atoms with Crippen LogP contribution in [0.2, 0.25) is 0 Å². The topological polar surface area (TPSA) is 94.4 Å². The van der Waals surface area contributed by atoms with Crippen LogP contribution >= 0.6 is 0 Å². The molecule has 1 aliphatic heterocycles. The van der Waals surface area contributed by atoms with E-state index in [0.717, 1.165) is 24.5 Å². The molecule has 4 rings (SSSR count). The Balaban J connectivity index is 1.49. The molecule has 1 aliphatic rings. The van der Waals surface area contributed by atoms with Gasteiger partial charge in [-0.3, -0.25) is 4.79 Å². The summed E-state index contributed by atoms with van der Waals surface area (Å²) in [6, 6.07) is 18.8. The van der Waals surface area contributed by atoms with E-state index in [1.54, 1.807) is 31.4 Å². The van der Waals surface area contributed by atoms with Crippen molar-refractivity contribution in [3.8, 4) is 11.8 Å². The number of nitriles is 1. The van der Waals surface area contributed by atoms with Gasteiger partial charge in [-0.15, -0.1) is 0 Å². The van der Waals surface area contributed by atoms with Gasteiger partial charge >= 0.3 is 0 Å². The number of ether oxygens (including phenoxy) is 1. The summed E-state index contributed by atoms with van der Waals surface area (Å²) in [6.45, 7) is 2.96. The lowest BCUT2D eigenvalue weighted by Crippen LogP contribution is -2.47. The van der Waals surface area contributed by atoms with E-state index < -0.39 is 0 Å². The maximum Gasteiger partial charge on any atom is 0.256 e. The fourth-order valence-corrected chi connectivity index (χ4v) is 3.51. The number of rotatable bonds is 5. The Labute approximate surface area is 180 Å². The van der Waals surface area contributed by atoms with Crippen LogP contribution in [-0.4, -0.2) is 49.2 Å². The highest BCUT2D eigenvalue weighted by molar-refractivity contribution is 6.04. The van der Waals surface area contributed by atoms with E-state index in [0.29, 0.717) is 24.6 Å². The predicted octanol–water partition coefficient (Wildman–Crippen LogP) is 2.94. The molecule has 0 unspecified atom stereocenters. The lowest BCUT2D eigenvalue weighted by Gasteiger charge is -2.36. The average molecular weight is 414 g/mol. The van der Waals surface area contributed by atoms with Crippen LogP contribution in [0.3, 0.4) is 0 Å². The first-order valence-electron chi connectivity index (χ1n) is 9.96. The third-order valence-corrected chi connectivity index (χ3v) is 5.15. The smallest absolute Gasteiger partial charge is 0.256 e. The summed E-state index contributed by atoms with van der Waals surface area (Å²) >= 11 is 0. The van der Waals surface area contributed by atoms with Crippen LogP contribution in [0.25, 0.3) is 0 Å². The SMILES string of the molecule is COc1ccccc1N1CCN(c2ncc(C#N)c(NC(=O)c3ccccc3)n2)CC1. The first-order valence-corrected chi connectivity index (χ1v) is 9.96. The third-order valence-electron chi connectivity index (χ3n) is 5.15. The molecule has 3 aromatic rings. The maximum absolute atomic E-state index is 12.5. The highest BCUT2D eigenvalue weighted by Gasteiger charge is 2.22. The number of methoxy groups -OCH3 is 1. The molecule has 0 spiro atoms. The van der Waals surface area contributed by atoms with Gasteiger partial charge in [0.25, 0.3) is 5.91 Å². The molecule has 0 aliphatic carbocycles. The standard InChI is InChI=1S/C23H22N6O2/c1-31-20-10-6-5-9-19(20)28-11-13-29(14-12-28)23-25-16-18(15-24)21(27-23)26-22(30)17-7-3-2-4-8-17/h2-10,16H,11-14H2,1H3,(H,25,26,27,30). The van der Waals surface area contributed by atoms with Crippen molar-refractivity contribution in [1.82, 2.24) is 9.97 Å². The number of benzene rings is 2. The molecule has 1 aromatic heterocycles. The Kier molecular flexibility index (Phi) is 5.94. The molecule has 0 bridgehead atoms. The Morgan fingerprint density at radius 3 is 2.42 bits per heavy atom. The highest BCUT2D eigenvalue weighted by atomic mass is 16.5. The molecule has 1 saturated heterocycles. The zero-order valence-electron chi connectivity index (χ0n) is 17.2. The van der Waals surface area contributed by atoms with Gasteiger partial charge in [0, 0.05) is 31.7 Å². The van der Waals surface area contributed by atoms with Gasteiger partial charge < -0.3 is 19.9 Å². The quantitative estimate of drug-likeness (QED) is 0.686. The minimum absolute atomic E-state index is 0.216. The Bertz CT molecular complexity index is 1100. The summed E-state index contributed by atoms with van der Waals surface area (Å²) in [5, 5.41) is 12.1. The fourth-order valence-electron chi connectivity index (χ4n) is 3.51. The normalized spacial score (nSPS) is 13.4. The van der Waals surface area contributed by atoms with Crippen LogP contribution in [-0.2, 0) is 0 Å². The van der Waals surface area contributed by atoms with Crippen LogP contribution in [0.5, 0.6) is 5.75 Å². The van der Waals surface area contributed by atoms with E-state index in [9.17, 15) is 10.1 Å². The zero-order chi connectivity index (χ0) is 21.6. The second kappa shape index (κ2) is 9.13. The number of carbonyl (C=O) groups is 1. The molecular formula is C23H22N6O2. The summed E-state index contributed by atoms with van der Waals surface area (Å²) in [5.74, 6) is 1.23. The van der Waals surface area contributed by atoms with Crippen molar-refractivity contribution in [2.75, 3.05) is 48.4 Å². The first-order chi connectivity index (χ1) is 15.2. The van der Waals surface area contributed by atoms with Gasteiger partial charge in [0.15, 0.2) is 5.82 Å². The number of hydrogen-bond donors (Lipinski definition) is 1. The van der Waals surface area contributed by atoms with Gasteiger partial charge in [-0.1, -0.05) is 30.3 Å². The number of amides is 1. The van der Waals surface area contributed by atoms with Gasteiger partial charge in [-0.2, -0.15) is 10.2 Å². The lowest BCUT2D eigenvalue weighted by molar-refractivity contribution is 0.102. The van der Waals surface area contributed by atoms with Gasteiger partial charge in [0.05, 0.1) is 19.0 Å². The summed E-state index contributed by atoms with van der Waals surface area (Å²) in [6.07, 6.45) is 1.45. The number of hydrogen-bond acceptors (Lipinski definition) is 7. The Hall–Kier alpha value is -4.12. The highest BCUT2D eigenvalue weighted by Crippen LogP contribution is 2.29. The summed E-state index contributed by atoms with van der Waals surface area (Å²) in [7, 11) is 1.67. The van der Waals surface area contributed by atoms with Gasteiger partial charge in [0.2, 0.25) is 5.95 Å². The zero-order valence-corrected chi connectivity index (χ0v) is 17.2. The molecule has 2 aromatic carbocycles. The van der Waals surface area contributed by atoms with E-state index in [1.165, 1.54) is 6.20 Å². The van der Waals surface area contributed by atoms with Crippen LogP contribution in [0.4, 0.5) is 17.5 Å². The molecule has 31 heavy (non-hydrogen) atoms. The van der Waals surface area contributed by atoms with Crippen molar-refractivity contribution >= 4 is 23.4 Å². The van der Waals surface area contributed by atoms with E-state index in [2.05, 4.69) is 20.2 Å². The average Bonchev–Trinajstić information content (AvgIpc) is 2.84. The minimum Gasteiger partial charge on any atom is -0.495 e. The number of anilines is 3. The second-order valence-corrected chi connectivity index (χ2v) is 7.01. The molecule has 8 heteroatoms. The molecule has 0 atom stereocenters. The van der Waals surface area contributed by atoms with Crippen molar-refractivity contribution in [2.45, 2.75) is 0 Å². The number of nitrogens with one attached hydrogen (secondary N) is 1. The summed E-state index contributed by atoms with van der Waals surface area (Å²) < 4.78 is 5.47. The van der Waals surface area contributed by atoms with Gasteiger partial charge in [0.1, 0.15) is 17.4 Å². The third kappa shape index (κ3) is 4.41. The molecule has 8 nitrogen and oxygen atoms in total. The number of nitrogens with zero attached hydrogens (tertiary/aromatic N) is 5. The van der Waals surface area contributed by atoms with Crippen LogP contribution in [0.15, 0.2) is 60.8 Å².